The van der Waals surface area contributed by atoms with Gasteiger partial charge in [-0.1, -0.05) is 35.5 Å². The smallest absolute Gasteiger partial charge is 0.292 e. The van der Waals surface area contributed by atoms with Gasteiger partial charge in [-0.15, -0.1) is 0 Å². The number of aromatic nitrogens is 3. The first-order valence-electron chi connectivity index (χ1n) is 9.37. The Morgan fingerprint density at radius 1 is 1.18 bits per heavy atom. The summed E-state index contributed by atoms with van der Waals surface area (Å²) < 4.78 is 11.0. The van der Waals surface area contributed by atoms with E-state index in [0.717, 1.165) is 34.8 Å². The Morgan fingerprint density at radius 3 is 2.82 bits per heavy atom. The first kappa shape index (κ1) is 17.1. The normalized spacial score (nSPS) is 21.1. The summed E-state index contributed by atoms with van der Waals surface area (Å²) in [5, 5.41) is 3.64. The van der Waals surface area contributed by atoms with Crippen molar-refractivity contribution in [2.45, 2.75) is 25.4 Å². The first-order valence-corrected chi connectivity index (χ1v) is 9.37. The number of benzene rings is 1. The lowest BCUT2D eigenvalue weighted by Gasteiger charge is -2.35. The molecule has 7 nitrogen and oxygen atoms in total. The summed E-state index contributed by atoms with van der Waals surface area (Å²) in [5.41, 5.74) is 3.66. The van der Waals surface area contributed by atoms with Crippen LogP contribution in [0, 0.1) is 6.92 Å². The van der Waals surface area contributed by atoms with Crippen LogP contribution in [0.25, 0.3) is 11.4 Å². The number of hydrogen-bond donors (Lipinski definition) is 0. The molecule has 1 aromatic carbocycles. The van der Waals surface area contributed by atoms with Crippen LogP contribution in [0.4, 0.5) is 0 Å². The molecule has 2 aliphatic rings. The molecule has 142 valence electrons. The second-order valence-corrected chi connectivity index (χ2v) is 7.45. The molecular formula is C21H20N4O3. The lowest BCUT2D eigenvalue weighted by molar-refractivity contribution is 0.0473. The number of ether oxygens (including phenoxy) is 1. The number of aryl methyl sites for hydroxylation is 1. The summed E-state index contributed by atoms with van der Waals surface area (Å²) >= 11 is 0. The summed E-state index contributed by atoms with van der Waals surface area (Å²) in [6.45, 7) is 4.23. The highest BCUT2D eigenvalue weighted by Crippen LogP contribution is 2.40. The first-order chi connectivity index (χ1) is 13.7. The average molecular weight is 376 g/mol. The number of hydrogen-bond acceptors (Lipinski definition) is 6. The maximum Gasteiger partial charge on any atom is 0.292 e. The minimum atomic E-state index is -0.319. The fourth-order valence-electron chi connectivity index (χ4n) is 4.18. The van der Waals surface area contributed by atoms with Crippen LogP contribution < -0.4 is 0 Å². The molecule has 1 atom stereocenters. The van der Waals surface area contributed by atoms with Gasteiger partial charge in [-0.3, -0.25) is 4.79 Å². The second kappa shape index (κ2) is 6.53. The summed E-state index contributed by atoms with van der Waals surface area (Å²) in [4.78, 5) is 24.2. The third-order valence-corrected chi connectivity index (χ3v) is 5.66. The van der Waals surface area contributed by atoms with Crippen molar-refractivity contribution in [3.63, 3.8) is 0 Å². The molecule has 0 bridgehead atoms. The lowest BCUT2D eigenvalue weighted by atomic mass is 9.80. The van der Waals surface area contributed by atoms with Gasteiger partial charge in [-0.05, 0) is 13.3 Å². The predicted octanol–water partition coefficient (Wildman–Crippen LogP) is 2.75. The molecule has 0 saturated carbocycles. The van der Waals surface area contributed by atoms with Crippen molar-refractivity contribution in [1.82, 2.24) is 20.0 Å². The molecule has 0 aliphatic carbocycles. The van der Waals surface area contributed by atoms with Gasteiger partial charge in [-0.25, -0.2) is 9.97 Å². The summed E-state index contributed by atoms with van der Waals surface area (Å²) in [7, 11) is 0. The summed E-state index contributed by atoms with van der Waals surface area (Å²) in [6, 6.07) is 11.6. The maximum absolute atomic E-state index is 12.7. The van der Waals surface area contributed by atoms with E-state index >= 15 is 0 Å². The zero-order valence-corrected chi connectivity index (χ0v) is 15.6. The van der Waals surface area contributed by atoms with Crippen LogP contribution in [-0.4, -0.2) is 45.6 Å². The summed E-state index contributed by atoms with van der Waals surface area (Å²) in [6.07, 6.45) is 2.28. The minimum Gasteiger partial charge on any atom is -0.376 e. The predicted molar refractivity (Wildman–Crippen MR) is 101 cm³/mol. The highest BCUT2D eigenvalue weighted by Gasteiger charge is 2.47. The molecule has 1 saturated heterocycles. The second-order valence-electron chi connectivity index (χ2n) is 7.45. The van der Waals surface area contributed by atoms with Gasteiger partial charge in [0.05, 0.1) is 30.5 Å². The molecule has 2 aliphatic heterocycles. The van der Waals surface area contributed by atoms with E-state index in [1.54, 1.807) is 11.0 Å². The van der Waals surface area contributed by atoms with Gasteiger partial charge in [0, 0.05) is 36.0 Å². The van der Waals surface area contributed by atoms with Crippen LogP contribution >= 0.6 is 0 Å². The van der Waals surface area contributed by atoms with Crippen molar-refractivity contribution < 1.29 is 14.1 Å². The van der Waals surface area contributed by atoms with Gasteiger partial charge in [0.25, 0.3) is 5.91 Å². The third-order valence-electron chi connectivity index (χ3n) is 5.66. The van der Waals surface area contributed by atoms with E-state index in [1.165, 1.54) is 6.20 Å². The van der Waals surface area contributed by atoms with E-state index in [4.69, 9.17) is 19.2 Å². The molecule has 2 aromatic heterocycles. The zero-order valence-electron chi connectivity index (χ0n) is 15.6. The number of carbonyl (C=O) groups is 1. The molecule has 0 N–H and O–H groups in total. The zero-order chi connectivity index (χ0) is 19.1. The van der Waals surface area contributed by atoms with E-state index in [9.17, 15) is 4.79 Å². The molecule has 7 heteroatoms. The topological polar surface area (TPSA) is 81.4 Å². The number of fused-ring (bicyclic) bond motifs is 2. The average Bonchev–Trinajstić information content (AvgIpc) is 3.40. The van der Waals surface area contributed by atoms with Crippen molar-refractivity contribution in [1.29, 1.82) is 0 Å². The number of nitrogens with zero attached hydrogens (tertiary/aromatic N) is 4. The van der Waals surface area contributed by atoms with Crippen molar-refractivity contribution >= 4 is 5.91 Å². The highest BCUT2D eigenvalue weighted by molar-refractivity contribution is 5.91. The Kier molecular flexibility index (Phi) is 3.98. The third kappa shape index (κ3) is 2.70. The lowest BCUT2D eigenvalue weighted by Crippen LogP contribution is -2.42. The van der Waals surface area contributed by atoms with Crippen molar-refractivity contribution in [2.24, 2.45) is 0 Å². The Hall–Kier alpha value is -3.06. The van der Waals surface area contributed by atoms with Crippen LogP contribution in [0.2, 0.25) is 0 Å². The van der Waals surface area contributed by atoms with E-state index in [2.05, 4.69) is 5.16 Å². The van der Waals surface area contributed by atoms with Crippen LogP contribution in [0.1, 0.15) is 33.9 Å². The van der Waals surface area contributed by atoms with E-state index in [0.29, 0.717) is 26.3 Å². The Bertz CT molecular complexity index is 1020. The Labute approximate surface area is 162 Å². The van der Waals surface area contributed by atoms with Crippen LogP contribution in [0.3, 0.4) is 0 Å². The molecule has 4 heterocycles. The largest absolute Gasteiger partial charge is 0.376 e. The van der Waals surface area contributed by atoms with Gasteiger partial charge in [0.15, 0.2) is 5.82 Å². The number of carbonyl (C=O) groups excluding carboxylic acids is 1. The molecule has 0 radical (unpaired) electrons. The van der Waals surface area contributed by atoms with Gasteiger partial charge in [-0.2, -0.15) is 0 Å². The quantitative estimate of drug-likeness (QED) is 0.684. The maximum atomic E-state index is 12.7. The molecule has 1 spiro atoms. The van der Waals surface area contributed by atoms with E-state index < -0.39 is 0 Å². The molecule has 3 aromatic rings. The molecule has 1 fully saturated rings. The molecule has 5 rings (SSSR count). The number of rotatable bonds is 2. The van der Waals surface area contributed by atoms with E-state index in [1.807, 2.05) is 37.3 Å². The van der Waals surface area contributed by atoms with E-state index in [-0.39, 0.29) is 17.1 Å². The monoisotopic (exact) mass is 376 g/mol. The van der Waals surface area contributed by atoms with Crippen molar-refractivity contribution in [3.05, 3.63) is 65.3 Å². The van der Waals surface area contributed by atoms with Crippen LogP contribution in [-0.2, 0) is 16.8 Å². The summed E-state index contributed by atoms with van der Waals surface area (Å²) in [5.74, 6) is 0.839. The standard InChI is InChI=1S/C21H20N4O3/c1-14-16-11-27-13-21(8-10-25(12-21)20(26)17-7-9-22-28-17)18(16)24-19(23-14)15-5-3-2-4-6-15/h2-7,9H,8,10-13H2,1H3/t21-/m0/s1. The Morgan fingerprint density at radius 2 is 2.04 bits per heavy atom. The fourth-order valence-corrected chi connectivity index (χ4v) is 4.18. The molecular weight excluding hydrogens is 356 g/mol. The number of amides is 1. The molecule has 28 heavy (non-hydrogen) atoms. The molecule has 0 unspecified atom stereocenters. The van der Waals surface area contributed by atoms with Crippen LogP contribution in [0.5, 0.6) is 0 Å². The highest BCUT2D eigenvalue weighted by atomic mass is 16.5. The molecule has 1 amide bonds. The van der Waals surface area contributed by atoms with Gasteiger partial charge in [0.2, 0.25) is 5.76 Å². The van der Waals surface area contributed by atoms with Gasteiger partial charge in [0.1, 0.15) is 0 Å². The van der Waals surface area contributed by atoms with Gasteiger partial charge < -0.3 is 14.2 Å². The van der Waals surface area contributed by atoms with Crippen molar-refractivity contribution in [2.75, 3.05) is 19.7 Å². The minimum absolute atomic E-state index is 0.143. The fraction of sp³-hybridized carbons (Fsp3) is 0.333. The SMILES string of the molecule is Cc1nc(-c2ccccc2)nc2c1COC[C@@]21CCN(C(=O)c2ccno2)C1. The Balaban J connectivity index is 1.54. The van der Waals surface area contributed by atoms with Crippen molar-refractivity contribution in [3.8, 4) is 11.4 Å². The van der Waals surface area contributed by atoms with Gasteiger partial charge >= 0.3 is 0 Å². The number of likely N-dealkylation sites (tertiary alicyclic amines) is 1. The van der Waals surface area contributed by atoms with Crippen LogP contribution in [0.15, 0.2) is 47.1 Å².